The van der Waals surface area contributed by atoms with Gasteiger partial charge in [0.25, 0.3) is 0 Å². The van der Waals surface area contributed by atoms with Crippen LogP contribution in [0.2, 0.25) is 70.1 Å². The van der Waals surface area contributed by atoms with Gasteiger partial charge in [-0.25, -0.2) is 0 Å². The van der Waals surface area contributed by atoms with Crippen molar-refractivity contribution >= 4 is 24.2 Å². The predicted octanol–water partition coefficient (Wildman–Crippen LogP) is 6.87. The third-order valence-electron chi connectivity index (χ3n) is 4.27. The summed E-state index contributed by atoms with van der Waals surface area (Å²) in [6.07, 6.45) is 0. The Morgan fingerprint density at radius 3 is 1.64 bits per heavy atom. The van der Waals surface area contributed by atoms with E-state index in [0.717, 1.165) is 0 Å². The second kappa shape index (κ2) is 6.78. The monoisotopic (exact) mass is 350 g/mol. The molecule has 0 radical (unpaired) electrons. The van der Waals surface area contributed by atoms with Gasteiger partial charge in [0, 0.05) is 24.2 Å². The van der Waals surface area contributed by atoms with Crippen molar-refractivity contribution in [1.82, 2.24) is 0 Å². The van der Waals surface area contributed by atoms with Crippen molar-refractivity contribution in [2.75, 3.05) is 0 Å². The normalized spacial score (nSPS) is 16.4. The highest BCUT2D eigenvalue weighted by atomic mass is 28.4. The highest BCUT2D eigenvalue weighted by molar-refractivity contribution is 6.94. The average molecular weight is 351 g/mol. The molecule has 0 N–H and O–H groups in total. The smallest absolute Gasteiger partial charge is 0.0456 e. The topological polar surface area (TPSA) is 0 Å². The molecule has 22 heavy (non-hydrogen) atoms. The molecule has 1 aromatic carbocycles. The summed E-state index contributed by atoms with van der Waals surface area (Å²) in [6.45, 7) is 23.0. The van der Waals surface area contributed by atoms with E-state index in [0.29, 0.717) is 5.41 Å². The lowest BCUT2D eigenvalue weighted by molar-refractivity contribution is 0.569. The van der Waals surface area contributed by atoms with E-state index in [1.54, 1.807) is 11.2 Å². The maximum atomic E-state index is 2.64. The first-order valence-corrected chi connectivity index (χ1v) is 19.6. The van der Waals surface area contributed by atoms with Crippen LogP contribution in [0.15, 0.2) is 30.3 Å². The van der Waals surface area contributed by atoms with Crippen LogP contribution < -0.4 is 0 Å². The Bertz CT molecular complexity index is 466. The molecule has 0 nitrogen and oxygen atoms in total. The van der Waals surface area contributed by atoms with Gasteiger partial charge in [-0.1, -0.05) is 95.3 Å². The highest BCUT2D eigenvalue weighted by Gasteiger charge is 2.40. The van der Waals surface area contributed by atoms with E-state index in [1.165, 1.54) is 12.1 Å². The largest absolute Gasteiger partial charge is 0.0698 e. The Kier molecular flexibility index (Phi) is 6.14. The van der Waals surface area contributed by atoms with Gasteiger partial charge >= 0.3 is 0 Å². The number of rotatable bonds is 7. The van der Waals surface area contributed by atoms with Crippen LogP contribution in [0.3, 0.4) is 0 Å². The molecule has 1 aromatic rings. The van der Waals surface area contributed by atoms with Gasteiger partial charge in [0.05, 0.1) is 0 Å². The Hall–Kier alpha value is -0.129. The van der Waals surface area contributed by atoms with Crippen LogP contribution in [0.5, 0.6) is 0 Å². The van der Waals surface area contributed by atoms with Crippen molar-refractivity contribution in [3.05, 3.63) is 35.9 Å². The van der Waals surface area contributed by atoms with Gasteiger partial charge in [-0.15, -0.1) is 0 Å². The van der Waals surface area contributed by atoms with Crippen molar-refractivity contribution < 1.29 is 0 Å². The fraction of sp³-hybridized carbons (Fsp3) is 0.684. The molecule has 0 spiro atoms. The maximum absolute atomic E-state index is 2.64. The molecule has 0 aliphatic rings. The summed E-state index contributed by atoms with van der Waals surface area (Å²) in [6, 6.07) is 14.2. The Balaban J connectivity index is 3.12. The Labute approximate surface area is 142 Å². The molecule has 3 heteroatoms. The van der Waals surface area contributed by atoms with Crippen LogP contribution in [-0.4, -0.2) is 24.2 Å². The van der Waals surface area contributed by atoms with Crippen molar-refractivity contribution in [3.8, 4) is 0 Å². The van der Waals surface area contributed by atoms with Gasteiger partial charge in [-0.3, -0.25) is 0 Å². The van der Waals surface area contributed by atoms with E-state index in [4.69, 9.17) is 0 Å². The summed E-state index contributed by atoms with van der Waals surface area (Å²) in [4.78, 5) is 0. The van der Waals surface area contributed by atoms with Crippen LogP contribution in [0.4, 0.5) is 0 Å². The zero-order chi connectivity index (χ0) is 17.2. The minimum Gasteiger partial charge on any atom is -0.0698 e. The van der Waals surface area contributed by atoms with Gasteiger partial charge in [0.2, 0.25) is 0 Å². The molecule has 0 bridgehead atoms. The first kappa shape index (κ1) is 19.9. The Morgan fingerprint density at radius 1 is 0.727 bits per heavy atom. The lowest BCUT2D eigenvalue weighted by Gasteiger charge is -2.42. The fourth-order valence-corrected chi connectivity index (χ4v) is 22.2. The van der Waals surface area contributed by atoms with E-state index in [-0.39, 0.29) is 0 Å². The molecule has 0 heterocycles. The number of hydrogen-bond donors (Lipinski definition) is 0. The van der Waals surface area contributed by atoms with Gasteiger partial charge in [-0.05, 0) is 23.1 Å². The first-order chi connectivity index (χ1) is 9.73. The summed E-state index contributed by atoms with van der Waals surface area (Å²) >= 11 is 0. The molecule has 0 aliphatic carbocycles. The molecule has 1 unspecified atom stereocenters. The number of benzene rings is 1. The molecule has 0 aliphatic heterocycles. The second-order valence-electron chi connectivity index (χ2n) is 10.7. The van der Waals surface area contributed by atoms with Gasteiger partial charge in [0.1, 0.15) is 0 Å². The minimum absolute atomic E-state index is 0.376. The predicted molar refractivity (Wildman–Crippen MR) is 112 cm³/mol. The first-order valence-electron chi connectivity index (χ1n) is 8.78. The van der Waals surface area contributed by atoms with Gasteiger partial charge in [-0.2, -0.15) is 0 Å². The van der Waals surface area contributed by atoms with Crippen LogP contribution in [-0.2, 0) is 5.41 Å². The molecule has 1 atom stereocenters. The zero-order valence-corrected chi connectivity index (χ0v) is 19.5. The average Bonchev–Trinajstić information content (AvgIpc) is 2.22. The van der Waals surface area contributed by atoms with Crippen LogP contribution in [0, 0.1) is 0 Å². The summed E-state index contributed by atoms with van der Waals surface area (Å²) in [5.41, 5.74) is 3.50. The molecule has 0 saturated heterocycles. The summed E-state index contributed by atoms with van der Waals surface area (Å²) in [5, 5.41) is 0. The van der Waals surface area contributed by atoms with E-state index in [1.807, 2.05) is 0 Å². The molecular formula is C19H38Si3. The standard InChI is InChI=1S/C19H38Si3/c1-19(15-20(2,3)4,18-13-11-10-12-14-18)16-22(8,9)17-21(5,6)7/h10-14H,15-17H2,1-9H3. The van der Waals surface area contributed by atoms with Crippen molar-refractivity contribution in [2.45, 2.75) is 82.5 Å². The maximum Gasteiger partial charge on any atom is 0.0456 e. The third-order valence-corrected chi connectivity index (χ3v) is 15.9. The van der Waals surface area contributed by atoms with E-state index in [2.05, 4.69) is 89.6 Å². The summed E-state index contributed by atoms with van der Waals surface area (Å²) in [5.74, 6) is 0. The van der Waals surface area contributed by atoms with Crippen molar-refractivity contribution in [3.63, 3.8) is 0 Å². The molecule has 1 rings (SSSR count). The SMILES string of the molecule is CC(C[Si](C)(C)C)(C[Si](C)(C)C[Si](C)(C)C)c1ccccc1. The summed E-state index contributed by atoms with van der Waals surface area (Å²) < 4.78 is 0. The Morgan fingerprint density at radius 2 is 1.23 bits per heavy atom. The molecule has 0 amide bonds. The summed E-state index contributed by atoms with van der Waals surface area (Å²) in [7, 11) is -3.25. The van der Waals surface area contributed by atoms with Crippen LogP contribution in [0.25, 0.3) is 0 Å². The second-order valence-corrected chi connectivity index (χ2v) is 27.4. The molecule has 0 aromatic heterocycles. The van der Waals surface area contributed by atoms with Gasteiger partial charge in [0.15, 0.2) is 0 Å². The van der Waals surface area contributed by atoms with E-state index in [9.17, 15) is 0 Å². The van der Waals surface area contributed by atoms with Crippen molar-refractivity contribution in [1.29, 1.82) is 0 Å². The molecule has 126 valence electrons. The number of hydrogen-bond acceptors (Lipinski definition) is 0. The lowest BCUT2D eigenvalue weighted by atomic mass is 9.86. The van der Waals surface area contributed by atoms with E-state index < -0.39 is 24.2 Å². The third kappa shape index (κ3) is 6.97. The van der Waals surface area contributed by atoms with Gasteiger partial charge < -0.3 is 0 Å². The molecule has 0 fully saturated rings. The zero-order valence-electron chi connectivity index (χ0n) is 16.5. The minimum atomic E-state index is -1.17. The molecular weight excluding hydrogens is 312 g/mol. The van der Waals surface area contributed by atoms with E-state index >= 15 is 0 Å². The van der Waals surface area contributed by atoms with Crippen LogP contribution in [0.1, 0.15) is 12.5 Å². The quantitative estimate of drug-likeness (QED) is 0.471. The van der Waals surface area contributed by atoms with Crippen molar-refractivity contribution in [2.24, 2.45) is 0 Å². The van der Waals surface area contributed by atoms with Crippen LogP contribution >= 0.6 is 0 Å². The molecule has 0 saturated carbocycles. The fourth-order valence-electron chi connectivity index (χ4n) is 4.83. The highest BCUT2D eigenvalue weighted by Crippen LogP contribution is 2.42. The lowest BCUT2D eigenvalue weighted by Crippen LogP contribution is -2.44.